The zero-order valence-corrected chi connectivity index (χ0v) is 15.9. The lowest BCUT2D eigenvalue weighted by Crippen LogP contribution is -2.28. The molecule has 0 bridgehead atoms. The molecule has 1 aliphatic heterocycles. The predicted molar refractivity (Wildman–Crippen MR) is 107 cm³/mol. The van der Waals surface area contributed by atoms with Gasteiger partial charge in [-0.25, -0.2) is 0 Å². The van der Waals surface area contributed by atoms with Gasteiger partial charge in [-0.1, -0.05) is 12.1 Å². The van der Waals surface area contributed by atoms with Crippen molar-refractivity contribution >= 4 is 34.8 Å². The maximum absolute atomic E-state index is 12.7. The number of carbonyl (C=O) groups is 3. The molecule has 0 aliphatic carbocycles. The first-order valence-corrected chi connectivity index (χ1v) is 9.18. The second-order valence-electron chi connectivity index (χ2n) is 6.55. The minimum absolute atomic E-state index is 0.106. The molecule has 2 aromatic rings. The molecule has 7 heteroatoms. The molecule has 1 aliphatic rings. The number of nitrogens with one attached hydrogen (secondary N) is 2. The van der Waals surface area contributed by atoms with Crippen LogP contribution in [0.4, 0.5) is 17.1 Å². The van der Waals surface area contributed by atoms with E-state index in [2.05, 4.69) is 10.6 Å². The topological polar surface area (TPSA) is 87.7 Å². The summed E-state index contributed by atoms with van der Waals surface area (Å²) >= 11 is 0. The molecule has 0 radical (unpaired) electrons. The molecular weight excluding hydrogens is 358 g/mol. The SMILES string of the molecule is CCOc1ccccc1NC(=O)C1CC(=O)N(c2ccc(NC(C)=O)cc2)C1. The van der Waals surface area contributed by atoms with Crippen LogP contribution in [0.3, 0.4) is 0 Å². The van der Waals surface area contributed by atoms with E-state index >= 15 is 0 Å². The van der Waals surface area contributed by atoms with E-state index in [1.54, 1.807) is 41.3 Å². The summed E-state index contributed by atoms with van der Waals surface area (Å²) in [5.74, 6) is -0.317. The van der Waals surface area contributed by atoms with E-state index in [0.29, 0.717) is 36.0 Å². The highest BCUT2D eigenvalue weighted by Crippen LogP contribution is 2.29. The van der Waals surface area contributed by atoms with Gasteiger partial charge in [0.2, 0.25) is 17.7 Å². The van der Waals surface area contributed by atoms with Crippen LogP contribution in [0.15, 0.2) is 48.5 Å². The van der Waals surface area contributed by atoms with Crippen molar-refractivity contribution in [1.82, 2.24) is 0 Å². The second-order valence-corrected chi connectivity index (χ2v) is 6.55. The van der Waals surface area contributed by atoms with E-state index in [1.165, 1.54) is 6.92 Å². The van der Waals surface area contributed by atoms with E-state index in [4.69, 9.17) is 4.74 Å². The summed E-state index contributed by atoms with van der Waals surface area (Å²) in [7, 11) is 0. The van der Waals surface area contributed by atoms with Crippen LogP contribution >= 0.6 is 0 Å². The van der Waals surface area contributed by atoms with Crippen molar-refractivity contribution in [2.75, 3.05) is 28.7 Å². The molecule has 146 valence electrons. The third-order valence-corrected chi connectivity index (χ3v) is 4.44. The Bertz CT molecular complexity index is 879. The van der Waals surface area contributed by atoms with Crippen molar-refractivity contribution in [1.29, 1.82) is 0 Å². The predicted octanol–water partition coefficient (Wildman–Crippen LogP) is 3.04. The van der Waals surface area contributed by atoms with Gasteiger partial charge in [0.25, 0.3) is 0 Å². The standard InChI is InChI=1S/C21H23N3O4/c1-3-28-19-7-5-4-6-18(19)23-21(27)15-12-20(26)24(13-15)17-10-8-16(9-11-17)22-14(2)25/h4-11,15H,3,12-13H2,1-2H3,(H,22,25)(H,23,27). The summed E-state index contributed by atoms with van der Waals surface area (Å²) < 4.78 is 5.53. The number of hydrogen-bond donors (Lipinski definition) is 2. The van der Waals surface area contributed by atoms with E-state index in [9.17, 15) is 14.4 Å². The van der Waals surface area contributed by atoms with Crippen molar-refractivity contribution in [3.8, 4) is 5.75 Å². The quantitative estimate of drug-likeness (QED) is 0.805. The van der Waals surface area contributed by atoms with Crippen LogP contribution in [0, 0.1) is 5.92 Å². The van der Waals surface area contributed by atoms with E-state index in [1.807, 2.05) is 19.1 Å². The molecule has 2 aromatic carbocycles. The highest BCUT2D eigenvalue weighted by Gasteiger charge is 2.35. The van der Waals surface area contributed by atoms with Crippen LogP contribution in [0.1, 0.15) is 20.3 Å². The first-order chi connectivity index (χ1) is 13.5. The Labute approximate surface area is 163 Å². The van der Waals surface area contributed by atoms with Gasteiger partial charge in [0.1, 0.15) is 5.75 Å². The van der Waals surface area contributed by atoms with E-state index in [0.717, 1.165) is 0 Å². The number of hydrogen-bond acceptors (Lipinski definition) is 4. The molecular formula is C21H23N3O4. The van der Waals surface area contributed by atoms with E-state index in [-0.39, 0.29) is 24.1 Å². The molecule has 3 rings (SSSR count). The lowest BCUT2D eigenvalue weighted by molar-refractivity contribution is -0.122. The van der Waals surface area contributed by atoms with Gasteiger partial charge >= 0.3 is 0 Å². The number of ether oxygens (including phenoxy) is 1. The van der Waals surface area contributed by atoms with Gasteiger partial charge in [-0.05, 0) is 43.3 Å². The first-order valence-electron chi connectivity index (χ1n) is 9.18. The highest BCUT2D eigenvalue weighted by atomic mass is 16.5. The Morgan fingerprint density at radius 3 is 2.50 bits per heavy atom. The number of rotatable bonds is 6. The normalized spacial score (nSPS) is 16.0. The van der Waals surface area contributed by atoms with Gasteiger partial charge in [-0.3, -0.25) is 14.4 Å². The summed E-state index contributed by atoms with van der Waals surface area (Å²) in [6.07, 6.45) is 0.149. The summed E-state index contributed by atoms with van der Waals surface area (Å²) in [5, 5.41) is 5.56. The fourth-order valence-electron chi connectivity index (χ4n) is 3.15. The largest absolute Gasteiger partial charge is 0.492 e. The van der Waals surface area contributed by atoms with Crippen LogP contribution in [-0.4, -0.2) is 30.9 Å². The molecule has 0 aromatic heterocycles. The zero-order chi connectivity index (χ0) is 20.1. The Morgan fingerprint density at radius 2 is 1.82 bits per heavy atom. The lowest BCUT2D eigenvalue weighted by atomic mass is 10.1. The fourth-order valence-corrected chi connectivity index (χ4v) is 3.15. The number of para-hydroxylation sites is 2. The molecule has 1 atom stereocenters. The van der Waals surface area contributed by atoms with Crippen molar-refractivity contribution in [2.45, 2.75) is 20.3 Å². The molecule has 1 unspecified atom stereocenters. The van der Waals surface area contributed by atoms with Crippen LogP contribution in [0.25, 0.3) is 0 Å². The number of benzene rings is 2. The number of amides is 3. The molecule has 0 saturated carbocycles. The highest BCUT2D eigenvalue weighted by molar-refractivity contribution is 6.04. The van der Waals surface area contributed by atoms with Gasteiger partial charge < -0.3 is 20.3 Å². The van der Waals surface area contributed by atoms with Gasteiger partial charge in [0, 0.05) is 31.3 Å². The Morgan fingerprint density at radius 1 is 1.11 bits per heavy atom. The number of carbonyl (C=O) groups excluding carboxylic acids is 3. The number of nitrogens with zero attached hydrogens (tertiary/aromatic N) is 1. The minimum atomic E-state index is -0.447. The van der Waals surface area contributed by atoms with Gasteiger partial charge in [-0.15, -0.1) is 0 Å². The smallest absolute Gasteiger partial charge is 0.229 e. The monoisotopic (exact) mass is 381 g/mol. The maximum atomic E-state index is 12.7. The van der Waals surface area contributed by atoms with Gasteiger partial charge in [0.05, 0.1) is 18.2 Å². The summed E-state index contributed by atoms with van der Waals surface area (Å²) in [4.78, 5) is 37.8. The molecule has 1 fully saturated rings. The first kappa shape index (κ1) is 19.4. The third-order valence-electron chi connectivity index (χ3n) is 4.44. The second kappa shape index (κ2) is 8.56. The summed E-state index contributed by atoms with van der Waals surface area (Å²) in [6.45, 7) is 4.12. The summed E-state index contributed by atoms with van der Waals surface area (Å²) in [6, 6.07) is 14.2. The average Bonchev–Trinajstić information content (AvgIpc) is 3.05. The molecule has 28 heavy (non-hydrogen) atoms. The minimum Gasteiger partial charge on any atom is -0.492 e. The molecule has 2 N–H and O–H groups in total. The van der Waals surface area contributed by atoms with Crippen LogP contribution in [-0.2, 0) is 14.4 Å². The average molecular weight is 381 g/mol. The molecule has 1 saturated heterocycles. The van der Waals surface area contributed by atoms with E-state index < -0.39 is 5.92 Å². The lowest BCUT2D eigenvalue weighted by Gasteiger charge is -2.17. The fraction of sp³-hybridized carbons (Fsp3) is 0.286. The number of anilines is 3. The molecule has 1 heterocycles. The maximum Gasteiger partial charge on any atom is 0.229 e. The van der Waals surface area contributed by atoms with Crippen LogP contribution < -0.4 is 20.3 Å². The van der Waals surface area contributed by atoms with Crippen molar-refractivity contribution in [2.24, 2.45) is 5.92 Å². The van der Waals surface area contributed by atoms with Crippen molar-refractivity contribution in [3.63, 3.8) is 0 Å². The molecule has 0 spiro atoms. The Hall–Kier alpha value is -3.35. The molecule has 3 amide bonds. The van der Waals surface area contributed by atoms with Crippen molar-refractivity contribution < 1.29 is 19.1 Å². The Balaban J connectivity index is 1.67. The third kappa shape index (κ3) is 4.49. The Kier molecular flexibility index (Phi) is 5.93. The van der Waals surface area contributed by atoms with Gasteiger partial charge in [0.15, 0.2) is 0 Å². The summed E-state index contributed by atoms with van der Waals surface area (Å²) in [5.41, 5.74) is 1.95. The zero-order valence-electron chi connectivity index (χ0n) is 15.9. The van der Waals surface area contributed by atoms with Crippen LogP contribution in [0.2, 0.25) is 0 Å². The molecule has 7 nitrogen and oxygen atoms in total. The van der Waals surface area contributed by atoms with Crippen molar-refractivity contribution in [3.05, 3.63) is 48.5 Å². The van der Waals surface area contributed by atoms with Gasteiger partial charge in [-0.2, -0.15) is 0 Å². The van der Waals surface area contributed by atoms with Crippen LogP contribution in [0.5, 0.6) is 5.75 Å².